The third kappa shape index (κ3) is 16.6. The van der Waals surface area contributed by atoms with Gasteiger partial charge in [-0.1, -0.05) is 30.3 Å². The Labute approximate surface area is 261 Å². The van der Waals surface area contributed by atoms with Crippen LogP contribution in [0.25, 0.3) is 0 Å². The first-order valence-electron chi connectivity index (χ1n) is 15.6. The molecule has 1 aromatic rings. The highest BCUT2D eigenvalue weighted by atomic mass is 16.6. The maximum atomic E-state index is 12.4. The van der Waals surface area contributed by atoms with Crippen LogP contribution in [-0.4, -0.2) is 149 Å². The molecule has 0 atom stereocenters. The van der Waals surface area contributed by atoms with E-state index >= 15 is 0 Å². The van der Waals surface area contributed by atoms with Gasteiger partial charge in [0.2, 0.25) is 0 Å². The van der Waals surface area contributed by atoms with E-state index < -0.39 is 6.09 Å². The summed E-state index contributed by atoms with van der Waals surface area (Å²) < 4.78 is 20.9. The highest BCUT2D eigenvalue weighted by Crippen LogP contribution is 2.04. The molecule has 0 unspecified atom stereocenters. The second kappa shape index (κ2) is 22.3. The molecule has 13 heteroatoms. The van der Waals surface area contributed by atoms with E-state index in [-0.39, 0.29) is 44.1 Å². The van der Waals surface area contributed by atoms with E-state index in [0.717, 1.165) is 5.56 Å². The van der Waals surface area contributed by atoms with Crippen LogP contribution < -0.4 is 5.32 Å². The summed E-state index contributed by atoms with van der Waals surface area (Å²) >= 11 is 0. The molecule has 0 radical (unpaired) electrons. The molecule has 1 amide bonds. The zero-order valence-corrected chi connectivity index (χ0v) is 26.7. The van der Waals surface area contributed by atoms with Crippen molar-refractivity contribution in [2.45, 2.75) is 33.8 Å². The van der Waals surface area contributed by atoms with Gasteiger partial charge >= 0.3 is 24.0 Å². The molecule has 0 saturated carbocycles. The van der Waals surface area contributed by atoms with E-state index in [1.54, 1.807) is 20.8 Å². The number of amides is 1. The number of hydrogen-bond acceptors (Lipinski definition) is 12. The van der Waals surface area contributed by atoms with Gasteiger partial charge in [-0.3, -0.25) is 29.1 Å². The molecule has 2 rings (SSSR count). The van der Waals surface area contributed by atoms with Gasteiger partial charge in [0, 0.05) is 58.9 Å². The molecule has 1 N–H and O–H groups in total. The number of hydrogen-bond donors (Lipinski definition) is 1. The molecule has 1 saturated heterocycles. The summed E-state index contributed by atoms with van der Waals surface area (Å²) in [5.74, 6) is -0.888. The fourth-order valence-corrected chi connectivity index (χ4v) is 4.71. The van der Waals surface area contributed by atoms with E-state index in [1.807, 2.05) is 45.0 Å². The summed E-state index contributed by atoms with van der Waals surface area (Å²) in [6, 6.07) is 9.51. The van der Waals surface area contributed by atoms with Crippen molar-refractivity contribution < 1.29 is 38.1 Å². The van der Waals surface area contributed by atoms with Crippen LogP contribution in [0.4, 0.5) is 4.79 Å². The van der Waals surface area contributed by atoms with E-state index in [9.17, 15) is 19.2 Å². The number of alkyl carbamates (subject to hydrolysis) is 1. The Bertz CT molecular complexity index is 947. The fourth-order valence-electron chi connectivity index (χ4n) is 4.71. The number of carbonyl (C=O) groups is 4. The first-order valence-corrected chi connectivity index (χ1v) is 15.6. The summed E-state index contributed by atoms with van der Waals surface area (Å²) in [7, 11) is 0. The van der Waals surface area contributed by atoms with Crippen molar-refractivity contribution in [1.82, 2.24) is 24.9 Å². The fraction of sp³-hybridized carbons (Fsp3) is 0.677. The Morgan fingerprint density at radius 1 is 0.614 bits per heavy atom. The van der Waals surface area contributed by atoms with Gasteiger partial charge in [0.1, 0.15) is 6.61 Å². The van der Waals surface area contributed by atoms with Gasteiger partial charge in [-0.15, -0.1) is 0 Å². The maximum absolute atomic E-state index is 12.4. The van der Waals surface area contributed by atoms with Crippen LogP contribution in [0.15, 0.2) is 30.3 Å². The predicted octanol–water partition coefficient (Wildman–Crippen LogP) is 1.21. The molecule has 0 aromatic heterocycles. The number of nitrogens with zero attached hydrogens (tertiary/aromatic N) is 4. The molecule has 44 heavy (non-hydrogen) atoms. The maximum Gasteiger partial charge on any atom is 0.407 e. The van der Waals surface area contributed by atoms with Crippen LogP contribution >= 0.6 is 0 Å². The Hall–Kier alpha value is -3.26. The van der Waals surface area contributed by atoms with Gasteiger partial charge in [0.15, 0.2) is 0 Å². The topological polar surface area (TPSA) is 130 Å². The molecule has 1 aromatic carbocycles. The van der Waals surface area contributed by atoms with Gasteiger partial charge < -0.3 is 29.2 Å². The van der Waals surface area contributed by atoms with Gasteiger partial charge in [-0.2, -0.15) is 0 Å². The summed E-state index contributed by atoms with van der Waals surface area (Å²) in [5, 5.41) is 2.81. The van der Waals surface area contributed by atoms with Crippen molar-refractivity contribution in [2.75, 3.05) is 105 Å². The van der Waals surface area contributed by atoms with E-state index in [0.29, 0.717) is 91.7 Å². The minimum Gasteiger partial charge on any atom is -0.465 e. The summed E-state index contributed by atoms with van der Waals surface area (Å²) in [6.07, 6.45) is 0.236. The number of esters is 3. The molecule has 1 aliphatic rings. The number of nitrogens with one attached hydrogen (secondary N) is 1. The van der Waals surface area contributed by atoms with Crippen molar-refractivity contribution in [3.63, 3.8) is 0 Å². The molecule has 0 bridgehead atoms. The highest BCUT2D eigenvalue weighted by Gasteiger charge is 2.21. The first-order chi connectivity index (χ1) is 21.3. The van der Waals surface area contributed by atoms with Gasteiger partial charge in [-0.05, 0) is 39.3 Å². The molecule has 1 aliphatic heterocycles. The largest absolute Gasteiger partial charge is 0.465 e. The molecule has 13 nitrogen and oxygen atoms in total. The minimum absolute atomic E-state index is 0.126. The van der Waals surface area contributed by atoms with Crippen LogP contribution in [0, 0.1) is 0 Å². The number of rotatable bonds is 15. The zero-order chi connectivity index (χ0) is 32.0. The smallest absolute Gasteiger partial charge is 0.407 e. The lowest BCUT2D eigenvalue weighted by molar-refractivity contribution is -0.146. The Morgan fingerprint density at radius 2 is 1.02 bits per heavy atom. The number of ether oxygens (including phenoxy) is 4. The van der Waals surface area contributed by atoms with E-state index in [1.165, 1.54) is 0 Å². The lowest BCUT2D eigenvalue weighted by atomic mass is 10.2. The van der Waals surface area contributed by atoms with Crippen LogP contribution in [0.3, 0.4) is 0 Å². The van der Waals surface area contributed by atoms with Crippen molar-refractivity contribution in [3.8, 4) is 0 Å². The third-order valence-electron chi connectivity index (χ3n) is 7.04. The normalized spacial score (nSPS) is 16.2. The van der Waals surface area contributed by atoms with E-state index in [4.69, 9.17) is 18.9 Å². The standard InChI is InChI=1S/C31H51N5O8/c1-4-41-28(37)23-34-17-15-33(14-10-13-32-31(40)44-26-27-11-8-7-9-12-27)16-18-35(24-29(38)42-5-2)20-22-36(21-19-34)25-30(39)43-6-3/h7-9,11-12H,4-6,10,13-26H2,1-3H3,(H,32,40). The van der Waals surface area contributed by atoms with Crippen molar-refractivity contribution in [1.29, 1.82) is 0 Å². The van der Waals surface area contributed by atoms with Crippen LogP contribution in [0.1, 0.15) is 32.8 Å². The Kier molecular flexibility index (Phi) is 18.7. The molecule has 0 spiro atoms. The minimum atomic E-state index is -0.462. The second-order valence-corrected chi connectivity index (χ2v) is 10.4. The SMILES string of the molecule is CCOC(=O)CN1CCN(CCCNC(=O)OCc2ccccc2)CCN(CC(=O)OCC)CCN(CC(=O)OCC)CC1. The number of benzene rings is 1. The molecular weight excluding hydrogens is 570 g/mol. The van der Waals surface area contributed by atoms with Crippen molar-refractivity contribution in [3.05, 3.63) is 35.9 Å². The average Bonchev–Trinajstić information content (AvgIpc) is 3.00. The third-order valence-corrected chi connectivity index (χ3v) is 7.04. The van der Waals surface area contributed by atoms with E-state index in [2.05, 4.69) is 10.2 Å². The summed E-state index contributed by atoms with van der Waals surface area (Å²) in [4.78, 5) is 57.5. The van der Waals surface area contributed by atoms with Crippen LogP contribution in [0.5, 0.6) is 0 Å². The second-order valence-electron chi connectivity index (χ2n) is 10.4. The predicted molar refractivity (Wildman–Crippen MR) is 165 cm³/mol. The zero-order valence-electron chi connectivity index (χ0n) is 26.7. The average molecular weight is 622 g/mol. The molecule has 1 fully saturated rings. The number of carbonyl (C=O) groups excluding carboxylic acids is 4. The van der Waals surface area contributed by atoms with Gasteiger partial charge in [-0.25, -0.2) is 4.79 Å². The van der Waals surface area contributed by atoms with Gasteiger partial charge in [0.05, 0.1) is 39.5 Å². The molecular formula is C31H51N5O8. The Morgan fingerprint density at radius 3 is 1.43 bits per heavy atom. The lowest BCUT2D eigenvalue weighted by Gasteiger charge is -2.33. The monoisotopic (exact) mass is 621 g/mol. The molecule has 248 valence electrons. The van der Waals surface area contributed by atoms with Crippen molar-refractivity contribution >= 4 is 24.0 Å². The summed E-state index contributed by atoms with van der Waals surface area (Å²) in [6.45, 7) is 12.8. The van der Waals surface area contributed by atoms with Crippen molar-refractivity contribution in [2.24, 2.45) is 0 Å². The molecule has 0 aliphatic carbocycles. The Balaban J connectivity index is 2.02. The molecule has 1 heterocycles. The summed E-state index contributed by atoms with van der Waals surface area (Å²) in [5.41, 5.74) is 0.922. The van der Waals surface area contributed by atoms with Gasteiger partial charge in [0.25, 0.3) is 0 Å². The highest BCUT2D eigenvalue weighted by molar-refractivity contribution is 5.72. The quantitative estimate of drug-likeness (QED) is 0.172. The first kappa shape index (κ1) is 36.9. The van der Waals surface area contributed by atoms with Crippen LogP contribution in [-0.2, 0) is 39.9 Å². The lowest BCUT2D eigenvalue weighted by Crippen LogP contribution is -2.49. The van der Waals surface area contributed by atoms with Crippen LogP contribution in [0.2, 0.25) is 0 Å².